The number of carbonyl (C=O) groups is 1. The predicted molar refractivity (Wildman–Crippen MR) is 151 cm³/mol. The van der Waals surface area contributed by atoms with E-state index in [4.69, 9.17) is 14.2 Å². The third-order valence-corrected chi connectivity index (χ3v) is 7.78. The largest absolute Gasteiger partial charge is 0.494 e. The highest BCUT2D eigenvalue weighted by Gasteiger charge is 2.35. The summed E-state index contributed by atoms with van der Waals surface area (Å²) < 4.78 is 20.4. The minimum absolute atomic E-state index is 0.0972. The minimum atomic E-state index is -0.748. The minimum Gasteiger partial charge on any atom is -0.494 e. The first-order chi connectivity index (χ1) is 17.7. The van der Waals surface area contributed by atoms with Gasteiger partial charge >= 0.3 is 5.97 Å². The Hall–Kier alpha value is -2.69. The molecule has 0 spiro atoms. The fourth-order valence-electron chi connectivity index (χ4n) is 4.16. The number of halogens is 2. The summed E-state index contributed by atoms with van der Waals surface area (Å²) >= 11 is 8.30. The molecule has 3 aromatic rings. The number of thiazole rings is 1. The molecule has 2 heterocycles. The van der Waals surface area contributed by atoms with Crippen LogP contribution < -0.4 is 24.4 Å². The number of carbonyl (C=O) groups excluding carboxylic acids is 1. The average molecular weight is 650 g/mol. The highest BCUT2D eigenvalue weighted by atomic mass is 79.9. The maximum absolute atomic E-state index is 13.9. The van der Waals surface area contributed by atoms with Gasteiger partial charge in [-0.15, -0.1) is 0 Å². The zero-order valence-corrected chi connectivity index (χ0v) is 25.0. The summed E-state index contributed by atoms with van der Waals surface area (Å²) in [6.07, 6.45) is 1.70. The van der Waals surface area contributed by atoms with E-state index < -0.39 is 12.0 Å². The van der Waals surface area contributed by atoms with Gasteiger partial charge in [0.15, 0.2) is 4.80 Å². The highest BCUT2D eigenvalue weighted by molar-refractivity contribution is 9.11. The van der Waals surface area contributed by atoms with Crippen LogP contribution >= 0.6 is 43.2 Å². The second kappa shape index (κ2) is 11.4. The van der Waals surface area contributed by atoms with Crippen LogP contribution in [0.5, 0.6) is 11.5 Å². The Balaban J connectivity index is 1.97. The van der Waals surface area contributed by atoms with Gasteiger partial charge in [0.05, 0.1) is 44.6 Å². The van der Waals surface area contributed by atoms with Crippen LogP contribution in [0.4, 0.5) is 0 Å². The molecule has 2 aromatic carbocycles. The van der Waals surface area contributed by atoms with Gasteiger partial charge in [0.1, 0.15) is 17.5 Å². The van der Waals surface area contributed by atoms with Gasteiger partial charge in [-0.2, -0.15) is 0 Å². The molecule has 4 rings (SSSR count). The number of hydrogen-bond acceptors (Lipinski definition) is 7. The number of nitrogens with zero attached hydrogens (tertiary/aromatic N) is 2. The molecule has 0 radical (unpaired) electrons. The Morgan fingerprint density at radius 1 is 1.22 bits per heavy atom. The van der Waals surface area contributed by atoms with E-state index in [2.05, 4.69) is 36.9 Å². The number of ether oxygens (including phenoxy) is 3. The molecule has 1 aliphatic rings. The Kier molecular flexibility index (Phi) is 8.40. The third kappa shape index (κ3) is 5.46. The smallest absolute Gasteiger partial charge is 0.338 e. The summed E-state index contributed by atoms with van der Waals surface area (Å²) in [6, 6.07) is 10.4. The number of fused-ring (bicyclic) bond motifs is 1. The van der Waals surface area contributed by atoms with Crippen molar-refractivity contribution >= 4 is 55.2 Å². The van der Waals surface area contributed by atoms with Crippen LogP contribution in [-0.4, -0.2) is 30.4 Å². The lowest BCUT2D eigenvalue weighted by atomic mass is 9.95. The lowest BCUT2D eigenvalue weighted by Crippen LogP contribution is -2.40. The van der Waals surface area contributed by atoms with Gasteiger partial charge in [0.2, 0.25) is 0 Å². The molecule has 7 nitrogen and oxygen atoms in total. The molecule has 0 saturated heterocycles. The summed E-state index contributed by atoms with van der Waals surface area (Å²) in [7, 11) is 1.59. The summed E-state index contributed by atoms with van der Waals surface area (Å²) in [5.41, 5.74) is 2.05. The lowest BCUT2D eigenvalue weighted by molar-refractivity contribution is -0.139. The molecule has 0 fully saturated rings. The molecule has 1 aliphatic heterocycles. The number of para-hydroxylation sites is 1. The molecule has 1 atom stereocenters. The maximum atomic E-state index is 13.9. The van der Waals surface area contributed by atoms with E-state index >= 15 is 0 Å². The van der Waals surface area contributed by atoms with E-state index in [0.717, 1.165) is 14.5 Å². The molecular weight excluding hydrogens is 624 g/mol. The molecule has 0 N–H and O–H groups in total. The number of esters is 1. The molecule has 0 unspecified atom stereocenters. The Labute approximate surface area is 235 Å². The monoisotopic (exact) mass is 648 g/mol. The van der Waals surface area contributed by atoms with Gasteiger partial charge in [-0.05, 0) is 89.4 Å². The van der Waals surface area contributed by atoms with Crippen LogP contribution in [0.25, 0.3) is 6.08 Å². The van der Waals surface area contributed by atoms with Crippen molar-refractivity contribution in [1.82, 2.24) is 4.57 Å². The van der Waals surface area contributed by atoms with Crippen LogP contribution in [0.2, 0.25) is 0 Å². The van der Waals surface area contributed by atoms with Crippen LogP contribution in [0.1, 0.15) is 44.9 Å². The summed E-state index contributed by atoms with van der Waals surface area (Å²) in [5.74, 6) is 0.747. The maximum Gasteiger partial charge on any atom is 0.338 e. The van der Waals surface area contributed by atoms with E-state index in [1.54, 1.807) is 31.6 Å². The van der Waals surface area contributed by atoms with Gasteiger partial charge in [0, 0.05) is 5.56 Å². The molecule has 37 heavy (non-hydrogen) atoms. The number of aromatic nitrogens is 1. The summed E-state index contributed by atoms with van der Waals surface area (Å²) in [5, 5.41) is 0. The lowest BCUT2D eigenvalue weighted by Gasteiger charge is -2.26. The van der Waals surface area contributed by atoms with Crippen LogP contribution in [0.3, 0.4) is 0 Å². The summed E-state index contributed by atoms with van der Waals surface area (Å²) in [6.45, 7) is 7.58. The Bertz CT molecular complexity index is 1550. The van der Waals surface area contributed by atoms with Crippen molar-refractivity contribution in [3.63, 3.8) is 0 Å². The standard InChI is InChI=1S/C27H26Br2N2O5S/c1-6-35-26(33)22-15(4)30-27-31(23(22)17-9-7-8-10-20(17)36-14(2)3)25(32)21(37-27)13-16-11-18(28)24(34-5)19(29)12-16/h7-14,23H,6H2,1-5H3/b21-13+/t23-/m0/s1. The van der Waals surface area contributed by atoms with E-state index in [9.17, 15) is 9.59 Å². The molecule has 0 saturated carbocycles. The van der Waals surface area contributed by atoms with Gasteiger partial charge in [0.25, 0.3) is 5.56 Å². The number of methoxy groups -OCH3 is 1. The van der Waals surface area contributed by atoms with Crippen molar-refractivity contribution in [3.8, 4) is 11.5 Å². The van der Waals surface area contributed by atoms with Crippen molar-refractivity contribution in [3.05, 3.63) is 87.4 Å². The second-order valence-electron chi connectivity index (χ2n) is 8.52. The fraction of sp³-hybridized carbons (Fsp3) is 0.296. The molecular formula is C27H26Br2N2O5S. The van der Waals surface area contributed by atoms with Crippen molar-refractivity contribution < 1.29 is 19.0 Å². The first-order valence-corrected chi connectivity index (χ1v) is 14.0. The first kappa shape index (κ1) is 27.3. The molecule has 0 aliphatic carbocycles. The van der Waals surface area contributed by atoms with E-state index in [-0.39, 0.29) is 18.3 Å². The van der Waals surface area contributed by atoms with E-state index in [1.165, 1.54) is 11.3 Å². The Morgan fingerprint density at radius 3 is 2.51 bits per heavy atom. The van der Waals surface area contributed by atoms with Gasteiger partial charge in [-0.25, -0.2) is 9.79 Å². The molecule has 0 bridgehead atoms. The van der Waals surface area contributed by atoms with Crippen molar-refractivity contribution in [2.75, 3.05) is 13.7 Å². The number of rotatable bonds is 7. The van der Waals surface area contributed by atoms with Crippen molar-refractivity contribution in [1.29, 1.82) is 0 Å². The topological polar surface area (TPSA) is 79.1 Å². The normalized spacial score (nSPS) is 15.5. The second-order valence-corrected chi connectivity index (χ2v) is 11.2. The number of benzene rings is 2. The molecule has 194 valence electrons. The van der Waals surface area contributed by atoms with Gasteiger partial charge in [-0.3, -0.25) is 9.36 Å². The van der Waals surface area contributed by atoms with E-state index in [0.29, 0.717) is 37.7 Å². The molecule has 0 amide bonds. The predicted octanol–water partition coefficient (Wildman–Crippen LogP) is 5.12. The summed E-state index contributed by atoms with van der Waals surface area (Å²) in [4.78, 5) is 32.2. The number of allylic oxidation sites excluding steroid dienone is 1. The highest BCUT2D eigenvalue weighted by Crippen LogP contribution is 2.37. The van der Waals surface area contributed by atoms with E-state index in [1.807, 2.05) is 50.2 Å². The van der Waals surface area contributed by atoms with Gasteiger partial charge in [-0.1, -0.05) is 29.5 Å². The van der Waals surface area contributed by atoms with Crippen molar-refractivity contribution in [2.45, 2.75) is 39.8 Å². The van der Waals surface area contributed by atoms with Crippen LogP contribution in [0, 0.1) is 0 Å². The Morgan fingerprint density at radius 2 is 1.89 bits per heavy atom. The SMILES string of the molecule is CCOC(=O)C1=C(C)N=c2s/c(=C/c3cc(Br)c(OC)c(Br)c3)c(=O)n2[C@H]1c1ccccc1OC(C)C. The van der Waals surface area contributed by atoms with Crippen LogP contribution in [-0.2, 0) is 9.53 Å². The van der Waals surface area contributed by atoms with Crippen LogP contribution in [0.15, 0.2) is 66.4 Å². The zero-order valence-electron chi connectivity index (χ0n) is 21.0. The first-order valence-electron chi connectivity index (χ1n) is 11.6. The van der Waals surface area contributed by atoms with Crippen molar-refractivity contribution in [2.24, 2.45) is 4.99 Å². The van der Waals surface area contributed by atoms with Gasteiger partial charge < -0.3 is 14.2 Å². The fourth-order valence-corrected chi connectivity index (χ4v) is 6.75. The zero-order chi connectivity index (χ0) is 26.9. The quantitative estimate of drug-likeness (QED) is 0.332. The third-order valence-electron chi connectivity index (χ3n) is 5.62. The molecule has 10 heteroatoms. The number of hydrogen-bond donors (Lipinski definition) is 0. The average Bonchev–Trinajstić information content (AvgIpc) is 3.12. The molecule has 1 aromatic heterocycles.